The van der Waals surface area contributed by atoms with E-state index in [1.807, 2.05) is 18.7 Å². The summed E-state index contributed by atoms with van der Waals surface area (Å²) in [6.07, 6.45) is 1.29. The average Bonchev–Trinajstić information content (AvgIpc) is 2.89. The molecule has 0 aromatic heterocycles. The molecule has 3 rings (SSSR count). The molecule has 1 amide bonds. The number of rotatable bonds is 4. The lowest BCUT2D eigenvalue weighted by Crippen LogP contribution is -2.60. The maximum Gasteiger partial charge on any atom is 0.254 e. The van der Waals surface area contributed by atoms with Crippen LogP contribution in [0.1, 0.15) is 23.7 Å². The van der Waals surface area contributed by atoms with Crippen LogP contribution in [-0.2, 0) is 4.74 Å². The van der Waals surface area contributed by atoms with Crippen LogP contribution in [-0.4, -0.2) is 54.2 Å². The molecule has 1 atom stereocenters. The number of likely N-dealkylation sites (tertiary alicyclic amines) is 1. The van der Waals surface area contributed by atoms with Crippen molar-refractivity contribution in [3.63, 3.8) is 0 Å². The summed E-state index contributed by atoms with van der Waals surface area (Å²) in [5.74, 6) is 0.526. The summed E-state index contributed by atoms with van der Waals surface area (Å²) in [7, 11) is 1.41. The maximum atomic E-state index is 13.7. The molecular formula is C16H20FNO3S. The molecule has 1 aromatic carbocycles. The molecule has 0 saturated carbocycles. The number of hydrogen-bond donors (Lipinski definition) is 0. The fourth-order valence-electron chi connectivity index (χ4n) is 3.14. The molecule has 0 aliphatic carbocycles. The SMILES string of the molecule is CCO[C@@H]1CSC2(C1)CN(C(=O)c1ccc(OC)c(F)c1)C2. The van der Waals surface area contributed by atoms with Gasteiger partial charge in [-0.1, -0.05) is 0 Å². The summed E-state index contributed by atoms with van der Waals surface area (Å²) in [5, 5.41) is 0. The molecule has 2 fully saturated rings. The predicted molar refractivity (Wildman–Crippen MR) is 84.1 cm³/mol. The fourth-order valence-corrected chi connectivity index (χ4v) is 4.69. The highest BCUT2D eigenvalue weighted by Crippen LogP contribution is 2.46. The van der Waals surface area contributed by atoms with Gasteiger partial charge in [0, 0.05) is 31.0 Å². The monoisotopic (exact) mass is 325 g/mol. The van der Waals surface area contributed by atoms with Crippen LogP contribution < -0.4 is 4.74 Å². The maximum absolute atomic E-state index is 13.7. The molecule has 2 heterocycles. The van der Waals surface area contributed by atoms with E-state index in [1.165, 1.54) is 19.2 Å². The largest absolute Gasteiger partial charge is 0.494 e. The minimum Gasteiger partial charge on any atom is -0.494 e. The van der Waals surface area contributed by atoms with Crippen LogP contribution in [0.3, 0.4) is 0 Å². The number of carbonyl (C=O) groups is 1. The molecule has 1 aromatic rings. The first-order valence-corrected chi connectivity index (χ1v) is 8.44. The van der Waals surface area contributed by atoms with Gasteiger partial charge < -0.3 is 14.4 Å². The Morgan fingerprint density at radius 1 is 1.50 bits per heavy atom. The van der Waals surface area contributed by atoms with Gasteiger partial charge in [0.2, 0.25) is 0 Å². The highest BCUT2D eigenvalue weighted by Gasteiger charge is 2.50. The third-order valence-corrected chi connectivity index (χ3v) is 5.80. The number of amides is 1. The number of ether oxygens (including phenoxy) is 2. The molecule has 4 nitrogen and oxygen atoms in total. The van der Waals surface area contributed by atoms with Gasteiger partial charge in [-0.05, 0) is 31.5 Å². The summed E-state index contributed by atoms with van der Waals surface area (Å²) in [6.45, 7) is 4.17. The van der Waals surface area contributed by atoms with Crippen molar-refractivity contribution >= 4 is 17.7 Å². The lowest BCUT2D eigenvalue weighted by molar-refractivity contribution is 0.0359. The zero-order valence-corrected chi connectivity index (χ0v) is 13.6. The number of thioether (sulfide) groups is 1. The van der Waals surface area contributed by atoms with Crippen molar-refractivity contribution in [2.24, 2.45) is 0 Å². The van der Waals surface area contributed by atoms with Crippen molar-refractivity contribution in [3.05, 3.63) is 29.6 Å². The van der Waals surface area contributed by atoms with Gasteiger partial charge in [0.15, 0.2) is 11.6 Å². The second-order valence-electron chi connectivity index (χ2n) is 5.79. The van der Waals surface area contributed by atoms with Crippen molar-refractivity contribution < 1.29 is 18.7 Å². The number of nitrogens with zero attached hydrogens (tertiary/aromatic N) is 1. The molecule has 22 heavy (non-hydrogen) atoms. The Balaban J connectivity index is 1.61. The summed E-state index contributed by atoms with van der Waals surface area (Å²) in [5.41, 5.74) is 0.373. The second kappa shape index (κ2) is 6.08. The summed E-state index contributed by atoms with van der Waals surface area (Å²) < 4.78 is 24.4. The van der Waals surface area contributed by atoms with Gasteiger partial charge in [-0.3, -0.25) is 4.79 Å². The Morgan fingerprint density at radius 3 is 2.91 bits per heavy atom. The molecule has 0 radical (unpaired) electrons. The molecule has 0 N–H and O–H groups in total. The van der Waals surface area contributed by atoms with Crippen LogP contribution in [0.2, 0.25) is 0 Å². The number of carbonyl (C=O) groups excluding carboxylic acids is 1. The first-order valence-electron chi connectivity index (χ1n) is 7.45. The van der Waals surface area contributed by atoms with Gasteiger partial charge in [-0.15, -0.1) is 11.8 Å². The van der Waals surface area contributed by atoms with Gasteiger partial charge in [-0.25, -0.2) is 4.39 Å². The summed E-state index contributed by atoms with van der Waals surface area (Å²) in [6, 6.07) is 4.35. The first-order chi connectivity index (χ1) is 10.6. The van der Waals surface area contributed by atoms with Crippen LogP contribution in [0.25, 0.3) is 0 Å². The van der Waals surface area contributed by atoms with E-state index >= 15 is 0 Å². The van der Waals surface area contributed by atoms with E-state index in [2.05, 4.69) is 0 Å². The molecule has 0 unspecified atom stereocenters. The quantitative estimate of drug-likeness (QED) is 0.853. The minimum absolute atomic E-state index is 0.118. The topological polar surface area (TPSA) is 38.8 Å². The number of benzene rings is 1. The van der Waals surface area contributed by atoms with Gasteiger partial charge in [0.05, 0.1) is 18.0 Å². The zero-order chi connectivity index (χ0) is 15.7. The van der Waals surface area contributed by atoms with E-state index < -0.39 is 5.82 Å². The van der Waals surface area contributed by atoms with Crippen LogP contribution in [0.5, 0.6) is 5.75 Å². The Labute approximate surface area is 134 Å². The molecule has 1 spiro atoms. The highest BCUT2D eigenvalue weighted by atomic mass is 32.2. The van der Waals surface area contributed by atoms with Crippen molar-refractivity contribution in [2.45, 2.75) is 24.2 Å². The minimum atomic E-state index is -0.504. The van der Waals surface area contributed by atoms with Gasteiger partial charge >= 0.3 is 0 Å². The lowest BCUT2D eigenvalue weighted by Gasteiger charge is -2.47. The average molecular weight is 325 g/mol. The van der Waals surface area contributed by atoms with Gasteiger partial charge in [0.1, 0.15) is 0 Å². The Kier molecular flexibility index (Phi) is 4.32. The number of halogens is 1. The third-order valence-electron chi connectivity index (χ3n) is 4.22. The normalized spacial score (nSPS) is 22.7. The molecule has 120 valence electrons. The number of methoxy groups -OCH3 is 1. The van der Waals surface area contributed by atoms with Crippen LogP contribution in [0, 0.1) is 5.82 Å². The standard InChI is InChI=1S/C16H20FNO3S/c1-3-21-12-7-16(22-8-12)9-18(10-16)15(19)11-4-5-14(20-2)13(17)6-11/h4-6,12H,3,7-10H2,1-2H3/t12-/m0/s1. The van der Waals surface area contributed by atoms with E-state index in [9.17, 15) is 9.18 Å². The molecule has 0 bridgehead atoms. The number of hydrogen-bond acceptors (Lipinski definition) is 4. The molecular weight excluding hydrogens is 305 g/mol. The highest BCUT2D eigenvalue weighted by molar-refractivity contribution is 8.01. The van der Waals surface area contributed by atoms with Crippen molar-refractivity contribution in [2.75, 3.05) is 32.6 Å². The molecule has 2 aliphatic heterocycles. The van der Waals surface area contributed by atoms with E-state index in [0.717, 1.165) is 18.8 Å². The summed E-state index contributed by atoms with van der Waals surface area (Å²) >= 11 is 1.89. The van der Waals surface area contributed by atoms with Crippen molar-refractivity contribution in [1.29, 1.82) is 0 Å². The van der Waals surface area contributed by atoms with Gasteiger partial charge in [0.25, 0.3) is 5.91 Å². The van der Waals surface area contributed by atoms with Crippen molar-refractivity contribution in [1.82, 2.24) is 4.90 Å². The van der Waals surface area contributed by atoms with E-state index in [-0.39, 0.29) is 16.4 Å². The molecule has 6 heteroatoms. The molecule has 2 aliphatic rings. The Bertz CT molecular complexity index is 575. The fraction of sp³-hybridized carbons (Fsp3) is 0.562. The zero-order valence-electron chi connectivity index (χ0n) is 12.8. The Hall–Kier alpha value is -1.27. The second-order valence-corrected chi connectivity index (χ2v) is 7.27. The van der Waals surface area contributed by atoms with Crippen LogP contribution in [0.4, 0.5) is 4.39 Å². The Morgan fingerprint density at radius 2 is 2.27 bits per heavy atom. The van der Waals surface area contributed by atoms with Crippen molar-refractivity contribution in [3.8, 4) is 5.75 Å². The third kappa shape index (κ3) is 2.82. The van der Waals surface area contributed by atoms with E-state index in [4.69, 9.17) is 9.47 Å². The van der Waals surface area contributed by atoms with Crippen LogP contribution >= 0.6 is 11.8 Å². The van der Waals surface area contributed by atoms with E-state index in [0.29, 0.717) is 24.8 Å². The summed E-state index contributed by atoms with van der Waals surface area (Å²) in [4.78, 5) is 14.2. The lowest BCUT2D eigenvalue weighted by atomic mass is 9.92. The first kappa shape index (κ1) is 15.6. The predicted octanol–water partition coefficient (Wildman–Crippen LogP) is 2.57. The van der Waals surface area contributed by atoms with E-state index in [1.54, 1.807) is 11.0 Å². The van der Waals surface area contributed by atoms with Crippen LogP contribution in [0.15, 0.2) is 18.2 Å². The van der Waals surface area contributed by atoms with Gasteiger partial charge in [-0.2, -0.15) is 0 Å². The molecule has 2 saturated heterocycles. The smallest absolute Gasteiger partial charge is 0.254 e.